The molecule has 0 spiro atoms. The Balaban J connectivity index is 1.36. The molecule has 1 N–H and O–H groups in total. The number of ketones is 1. The van der Waals surface area contributed by atoms with Crippen molar-refractivity contribution < 1.29 is 9.53 Å². The summed E-state index contributed by atoms with van der Waals surface area (Å²) in [6, 6.07) is 7.62. The quantitative estimate of drug-likeness (QED) is 0.209. The van der Waals surface area contributed by atoms with Gasteiger partial charge in [-0.15, -0.1) is 0 Å². The lowest BCUT2D eigenvalue weighted by Gasteiger charge is -2.35. The first kappa shape index (κ1) is 26.9. The molecule has 2 aromatic heterocycles. The van der Waals surface area contributed by atoms with Crippen LogP contribution in [0, 0.1) is 13.8 Å². The molecule has 192 valence electrons. The van der Waals surface area contributed by atoms with Gasteiger partial charge >= 0.3 is 0 Å². The summed E-state index contributed by atoms with van der Waals surface area (Å²) < 4.78 is 5.64. The number of aromatic nitrogens is 3. The highest BCUT2D eigenvalue weighted by Gasteiger charge is 2.20. The van der Waals surface area contributed by atoms with Gasteiger partial charge in [-0.3, -0.25) is 9.69 Å². The molecule has 4 rings (SSSR count). The molecule has 11 heteroatoms. The van der Waals surface area contributed by atoms with E-state index in [1.54, 1.807) is 6.20 Å². The van der Waals surface area contributed by atoms with Crippen LogP contribution in [0.1, 0.15) is 26.6 Å². The summed E-state index contributed by atoms with van der Waals surface area (Å²) in [6.45, 7) is 11.5. The van der Waals surface area contributed by atoms with E-state index in [-0.39, 0.29) is 12.2 Å². The zero-order valence-electron chi connectivity index (χ0n) is 20.9. The Morgan fingerprint density at radius 3 is 2.78 bits per heavy atom. The van der Waals surface area contributed by atoms with Crippen LogP contribution >= 0.6 is 31.5 Å². The van der Waals surface area contributed by atoms with Crippen molar-refractivity contribution in [1.82, 2.24) is 19.9 Å². The van der Waals surface area contributed by atoms with Gasteiger partial charge in [0.25, 0.3) is 0 Å². The molecule has 1 atom stereocenters. The van der Waals surface area contributed by atoms with Crippen molar-refractivity contribution >= 4 is 54.1 Å². The van der Waals surface area contributed by atoms with Crippen molar-refractivity contribution in [2.24, 2.45) is 0 Å². The van der Waals surface area contributed by atoms with Crippen LogP contribution in [-0.4, -0.2) is 78.0 Å². The van der Waals surface area contributed by atoms with Crippen molar-refractivity contribution in [3.8, 4) is 0 Å². The van der Waals surface area contributed by atoms with Gasteiger partial charge in [-0.1, -0.05) is 43.7 Å². The highest BCUT2D eigenvalue weighted by molar-refractivity contribution is 7.36. The number of nitrogens with zero attached hydrogens (tertiary/aromatic N) is 5. The molecular weight excluding hydrogens is 515 g/mol. The topological polar surface area (TPSA) is 83.5 Å². The predicted octanol–water partition coefficient (Wildman–Crippen LogP) is 4.78. The van der Waals surface area contributed by atoms with Crippen LogP contribution in [0.2, 0.25) is 5.02 Å². The molecule has 1 aliphatic heterocycles. The van der Waals surface area contributed by atoms with Gasteiger partial charge in [-0.05, 0) is 37.7 Å². The second-order valence-corrected chi connectivity index (χ2v) is 11.1. The molecule has 1 aromatic carbocycles. The number of rotatable bonds is 11. The predicted molar refractivity (Wildman–Crippen MR) is 150 cm³/mol. The fourth-order valence-corrected chi connectivity index (χ4v) is 5.45. The van der Waals surface area contributed by atoms with Crippen LogP contribution in [-0.2, 0) is 11.2 Å². The smallest absolute Gasteiger partial charge is 0.188 e. The number of carbonyl (C=O) groups is 1. The summed E-state index contributed by atoms with van der Waals surface area (Å²) in [6.07, 6.45) is 2.72. The fraction of sp³-hybridized carbons (Fsp3) is 0.440. The Hall–Kier alpha value is -2.16. The van der Waals surface area contributed by atoms with E-state index in [9.17, 15) is 4.79 Å². The van der Waals surface area contributed by atoms with Gasteiger partial charge < -0.3 is 15.0 Å². The van der Waals surface area contributed by atoms with Crippen molar-refractivity contribution in [1.29, 1.82) is 0 Å². The highest BCUT2D eigenvalue weighted by atomic mass is 35.5. The van der Waals surface area contributed by atoms with Gasteiger partial charge in [-0.25, -0.2) is 15.0 Å². The molecule has 0 radical (unpaired) electrons. The van der Waals surface area contributed by atoms with E-state index in [1.807, 2.05) is 38.1 Å². The number of carbonyl (C=O) groups excluding carboxylic acids is 1. The maximum absolute atomic E-state index is 12.9. The minimum Gasteiger partial charge on any atom is -0.376 e. The average molecular weight is 547 g/mol. The first-order valence-electron chi connectivity index (χ1n) is 12.0. The Bertz CT molecular complexity index is 1160. The summed E-state index contributed by atoms with van der Waals surface area (Å²) >= 11 is 7.62. The minimum absolute atomic E-state index is 0.00492. The zero-order valence-corrected chi connectivity index (χ0v) is 23.5. The normalized spacial score (nSPS) is 14.6. The van der Waals surface area contributed by atoms with Gasteiger partial charge in [0.2, 0.25) is 0 Å². The number of benzene rings is 1. The lowest BCUT2D eigenvalue weighted by atomic mass is 10.0. The van der Waals surface area contributed by atoms with Gasteiger partial charge in [0.1, 0.15) is 17.5 Å². The maximum Gasteiger partial charge on any atom is 0.188 e. The number of hydrogen-bond donors (Lipinski definition) is 1. The van der Waals surface area contributed by atoms with Crippen LogP contribution in [0.25, 0.3) is 0 Å². The largest absolute Gasteiger partial charge is 0.376 e. The van der Waals surface area contributed by atoms with E-state index in [0.29, 0.717) is 26.7 Å². The van der Waals surface area contributed by atoms with Crippen LogP contribution < -0.4 is 10.2 Å². The zero-order chi connectivity index (χ0) is 25.5. The maximum atomic E-state index is 12.9. The van der Waals surface area contributed by atoms with Gasteiger partial charge in [0.15, 0.2) is 10.9 Å². The van der Waals surface area contributed by atoms with Crippen molar-refractivity contribution in [3.05, 3.63) is 57.3 Å². The molecule has 1 aliphatic rings. The second-order valence-electron chi connectivity index (χ2n) is 8.68. The SMILES string of the molecule is CPCOCCN1CCN(c2cc(Nc3ncc(C(=O)Cc4c(C)cccc4Cl)s3)nc(C)n2)CC1. The number of nitrogens with one attached hydrogen (secondary N) is 1. The van der Waals surface area contributed by atoms with Crippen LogP contribution in [0.15, 0.2) is 30.5 Å². The summed E-state index contributed by atoms with van der Waals surface area (Å²) in [4.78, 5) is 31.8. The van der Waals surface area contributed by atoms with E-state index < -0.39 is 0 Å². The minimum atomic E-state index is -0.00492. The fourth-order valence-electron chi connectivity index (χ4n) is 4.05. The van der Waals surface area contributed by atoms with E-state index in [0.717, 1.165) is 71.2 Å². The number of piperazine rings is 1. The number of thiazole rings is 1. The average Bonchev–Trinajstić information content (AvgIpc) is 3.33. The van der Waals surface area contributed by atoms with Crippen molar-refractivity contribution in [2.45, 2.75) is 20.3 Å². The summed E-state index contributed by atoms with van der Waals surface area (Å²) in [5.41, 5.74) is 1.87. The standard InChI is InChI=1S/C25H32ClN6O2PS/c1-17-5-4-6-20(26)19(17)13-21(33)22-15-27-25(36-22)30-23-14-24(29-18(2)28-23)32-9-7-31(8-10-32)11-12-34-16-35-3/h4-6,14-15,35H,7-13,16H2,1-3H3,(H,27,28,29,30). The number of Topliss-reactive ketones (excluding diaryl/α,β-unsaturated/α-hetero) is 1. The molecule has 0 bridgehead atoms. The highest BCUT2D eigenvalue weighted by Crippen LogP contribution is 2.27. The van der Waals surface area contributed by atoms with E-state index >= 15 is 0 Å². The van der Waals surface area contributed by atoms with Gasteiger partial charge in [0.05, 0.1) is 24.0 Å². The van der Waals surface area contributed by atoms with E-state index in [4.69, 9.17) is 16.3 Å². The Labute approximate surface area is 223 Å². The molecular formula is C25H32ClN6O2PS. The molecule has 3 aromatic rings. The van der Waals surface area contributed by atoms with Crippen LogP contribution in [0.5, 0.6) is 0 Å². The lowest BCUT2D eigenvalue weighted by Crippen LogP contribution is -2.47. The van der Waals surface area contributed by atoms with E-state index in [1.165, 1.54) is 11.3 Å². The van der Waals surface area contributed by atoms with Crippen LogP contribution in [0.3, 0.4) is 0 Å². The second kappa shape index (κ2) is 12.9. The molecule has 1 unspecified atom stereocenters. The first-order valence-corrected chi connectivity index (χ1v) is 14.9. The van der Waals surface area contributed by atoms with Crippen LogP contribution in [0.4, 0.5) is 16.8 Å². The number of aryl methyl sites for hydroxylation is 2. The lowest BCUT2D eigenvalue weighted by molar-refractivity contribution is 0.0996. The van der Waals surface area contributed by atoms with E-state index in [2.05, 4.69) is 36.7 Å². The molecule has 3 heterocycles. The molecule has 0 aliphatic carbocycles. The molecule has 8 nitrogen and oxygen atoms in total. The number of halogens is 1. The Morgan fingerprint density at radius 2 is 2.03 bits per heavy atom. The van der Waals surface area contributed by atoms with Crippen molar-refractivity contribution in [2.75, 3.05) is 62.6 Å². The number of ether oxygens (including phenoxy) is 1. The van der Waals surface area contributed by atoms with Gasteiger partial charge in [-0.2, -0.15) is 0 Å². The molecule has 36 heavy (non-hydrogen) atoms. The summed E-state index contributed by atoms with van der Waals surface area (Å²) in [5.74, 6) is 2.25. The summed E-state index contributed by atoms with van der Waals surface area (Å²) in [7, 11) is 0.839. The van der Waals surface area contributed by atoms with Gasteiger partial charge in [0, 0.05) is 50.2 Å². The number of anilines is 3. The molecule has 0 saturated carbocycles. The third-order valence-electron chi connectivity index (χ3n) is 6.02. The first-order chi connectivity index (χ1) is 17.4. The Morgan fingerprint density at radius 1 is 1.22 bits per heavy atom. The molecule has 1 fully saturated rings. The monoisotopic (exact) mass is 546 g/mol. The summed E-state index contributed by atoms with van der Waals surface area (Å²) in [5, 5.41) is 4.49. The molecule has 0 amide bonds. The third kappa shape index (κ3) is 7.20. The van der Waals surface area contributed by atoms with Crippen molar-refractivity contribution in [3.63, 3.8) is 0 Å². The number of hydrogen-bond acceptors (Lipinski definition) is 9. The Kier molecular flexibility index (Phi) is 9.62. The molecule has 1 saturated heterocycles. The third-order valence-corrected chi connectivity index (χ3v) is 7.83.